The van der Waals surface area contributed by atoms with Gasteiger partial charge in [0.15, 0.2) is 5.90 Å². The van der Waals surface area contributed by atoms with E-state index in [-0.39, 0.29) is 0 Å². The normalized spacial score (nSPS) is 18.5. The van der Waals surface area contributed by atoms with Crippen molar-refractivity contribution in [1.82, 2.24) is 4.90 Å². The van der Waals surface area contributed by atoms with E-state index in [1.54, 1.807) is 6.20 Å². The van der Waals surface area contributed by atoms with Crippen LogP contribution in [0.4, 0.5) is 0 Å². The third kappa shape index (κ3) is 4.46. The molecule has 3 heteroatoms. The Bertz CT molecular complexity index is 818. The summed E-state index contributed by atoms with van der Waals surface area (Å²) in [5, 5.41) is 0. The quantitative estimate of drug-likeness (QED) is 0.722. The lowest BCUT2D eigenvalue weighted by Crippen LogP contribution is -2.50. The number of benzene rings is 2. The Labute approximate surface area is 161 Å². The molecule has 0 saturated carbocycles. The second-order valence-electron chi connectivity index (χ2n) is 6.96. The lowest BCUT2D eigenvalue weighted by Gasteiger charge is -2.44. The topological polar surface area (TPSA) is 24.8 Å². The molecule has 0 N–H and O–H groups in total. The fraction of sp³-hybridized carbons (Fsp3) is 0.250. The number of hydrogen-bond acceptors (Lipinski definition) is 3. The van der Waals surface area contributed by atoms with Gasteiger partial charge in [-0.3, -0.25) is 4.90 Å². The van der Waals surface area contributed by atoms with Gasteiger partial charge in [-0.15, -0.1) is 5.73 Å². The van der Waals surface area contributed by atoms with Crippen molar-refractivity contribution in [3.05, 3.63) is 102 Å². The molecule has 136 valence electrons. The molecule has 2 aromatic rings. The van der Waals surface area contributed by atoms with Gasteiger partial charge in [0.05, 0.1) is 12.6 Å². The summed E-state index contributed by atoms with van der Waals surface area (Å²) in [6.45, 7) is 2.79. The first-order valence-electron chi connectivity index (χ1n) is 9.49. The van der Waals surface area contributed by atoms with E-state index >= 15 is 0 Å². The smallest absolute Gasteiger partial charge is 0.192 e. The Morgan fingerprint density at radius 1 is 1.00 bits per heavy atom. The summed E-state index contributed by atoms with van der Waals surface area (Å²) >= 11 is 0. The van der Waals surface area contributed by atoms with Gasteiger partial charge < -0.3 is 4.74 Å². The maximum absolute atomic E-state index is 5.95. The first-order valence-corrected chi connectivity index (χ1v) is 9.49. The van der Waals surface area contributed by atoms with Gasteiger partial charge in [-0.1, -0.05) is 60.7 Å². The summed E-state index contributed by atoms with van der Waals surface area (Å²) < 4.78 is 5.95. The molecule has 0 spiro atoms. The van der Waals surface area contributed by atoms with Crippen molar-refractivity contribution in [3.63, 3.8) is 0 Å². The summed E-state index contributed by atoms with van der Waals surface area (Å²) in [4.78, 5) is 6.89. The van der Waals surface area contributed by atoms with Gasteiger partial charge in [0.1, 0.15) is 0 Å². The van der Waals surface area contributed by atoms with E-state index in [4.69, 9.17) is 4.74 Å². The highest BCUT2D eigenvalue weighted by molar-refractivity contribution is 5.78. The molecule has 0 aliphatic carbocycles. The average molecular weight is 356 g/mol. The molecule has 27 heavy (non-hydrogen) atoms. The van der Waals surface area contributed by atoms with Gasteiger partial charge in [0.2, 0.25) is 0 Å². The zero-order valence-corrected chi connectivity index (χ0v) is 15.4. The van der Waals surface area contributed by atoms with Crippen molar-refractivity contribution in [3.8, 4) is 0 Å². The lowest BCUT2D eigenvalue weighted by molar-refractivity contribution is 0.0342. The number of likely N-dealkylation sites (tertiary alicyclic amines) is 1. The van der Waals surface area contributed by atoms with E-state index in [0.29, 0.717) is 18.4 Å². The summed E-state index contributed by atoms with van der Waals surface area (Å²) in [7, 11) is 0. The molecule has 2 heterocycles. The van der Waals surface area contributed by atoms with Crippen molar-refractivity contribution in [2.75, 3.05) is 19.7 Å². The molecule has 2 aromatic carbocycles. The summed E-state index contributed by atoms with van der Waals surface area (Å²) in [6.07, 6.45) is 8.15. The number of rotatable bonds is 5. The summed E-state index contributed by atoms with van der Waals surface area (Å²) in [6, 6.07) is 21.8. The summed E-state index contributed by atoms with van der Waals surface area (Å²) in [5.74, 6) is 1.31. The molecule has 3 nitrogen and oxygen atoms in total. The van der Waals surface area contributed by atoms with E-state index < -0.39 is 0 Å². The molecule has 0 aromatic heterocycles. The van der Waals surface area contributed by atoms with Crippen LogP contribution in [0.15, 0.2) is 95.8 Å². The van der Waals surface area contributed by atoms with Crippen LogP contribution >= 0.6 is 0 Å². The Morgan fingerprint density at radius 2 is 1.67 bits per heavy atom. The van der Waals surface area contributed by atoms with Crippen molar-refractivity contribution in [2.24, 2.45) is 10.9 Å². The number of allylic oxidation sites excluding steroid dienone is 1. The Kier molecular flexibility index (Phi) is 5.64. The van der Waals surface area contributed by atoms with Gasteiger partial charge in [-0.25, -0.2) is 4.99 Å². The van der Waals surface area contributed by atoms with Gasteiger partial charge >= 0.3 is 0 Å². The van der Waals surface area contributed by atoms with Crippen LogP contribution in [-0.4, -0.2) is 30.5 Å². The molecule has 0 bridgehead atoms. The van der Waals surface area contributed by atoms with Gasteiger partial charge in [0, 0.05) is 31.6 Å². The molecule has 0 amide bonds. The van der Waals surface area contributed by atoms with Crippen LogP contribution in [0, 0.1) is 5.92 Å². The van der Waals surface area contributed by atoms with Gasteiger partial charge in [0.25, 0.3) is 0 Å². The third-order valence-electron chi connectivity index (χ3n) is 4.96. The minimum atomic E-state index is 0.304. The third-order valence-corrected chi connectivity index (χ3v) is 4.96. The van der Waals surface area contributed by atoms with Crippen LogP contribution < -0.4 is 0 Å². The highest BCUT2D eigenvalue weighted by atomic mass is 16.5. The highest BCUT2D eigenvalue weighted by Crippen LogP contribution is 2.34. The Morgan fingerprint density at radius 3 is 2.33 bits per heavy atom. The maximum Gasteiger partial charge on any atom is 0.192 e. The molecule has 0 unspecified atom stereocenters. The first kappa shape index (κ1) is 17.5. The predicted molar refractivity (Wildman–Crippen MR) is 110 cm³/mol. The zero-order chi connectivity index (χ0) is 18.3. The molecular weight excluding hydrogens is 332 g/mol. The number of nitrogens with zero attached hydrogens (tertiary/aromatic N) is 2. The van der Waals surface area contributed by atoms with Gasteiger partial charge in [-0.2, -0.15) is 0 Å². The van der Waals surface area contributed by atoms with E-state index in [1.807, 2.05) is 18.2 Å². The van der Waals surface area contributed by atoms with Crippen LogP contribution in [0.1, 0.15) is 23.6 Å². The van der Waals surface area contributed by atoms with Crippen molar-refractivity contribution in [1.29, 1.82) is 0 Å². The minimum Gasteiger partial charge on any atom is -0.480 e. The van der Waals surface area contributed by atoms with Crippen LogP contribution in [0.3, 0.4) is 0 Å². The second-order valence-corrected chi connectivity index (χ2v) is 6.96. The van der Waals surface area contributed by atoms with E-state index in [0.717, 1.165) is 25.6 Å². The molecule has 1 fully saturated rings. The van der Waals surface area contributed by atoms with Crippen molar-refractivity contribution in [2.45, 2.75) is 12.5 Å². The van der Waals surface area contributed by atoms with Crippen LogP contribution in [0.2, 0.25) is 0 Å². The average Bonchev–Trinajstić information content (AvgIpc) is 2.66. The molecule has 2 aliphatic heterocycles. The maximum atomic E-state index is 5.95. The van der Waals surface area contributed by atoms with Crippen LogP contribution in [-0.2, 0) is 4.74 Å². The predicted octanol–water partition coefficient (Wildman–Crippen LogP) is 4.75. The Hall–Kier alpha value is -2.87. The summed E-state index contributed by atoms with van der Waals surface area (Å²) in [5.41, 5.74) is 5.77. The molecule has 0 radical (unpaired) electrons. The molecule has 4 rings (SSSR count). The molecule has 0 atom stereocenters. The fourth-order valence-corrected chi connectivity index (χ4v) is 3.61. The minimum absolute atomic E-state index is 0.304. The van der Waals surface area contributed by atoms with Crippen LogP contribution in [0.25, 0.3) is 0 Å². The van der Waals surface area contributed by atoms with E-state index in [1.165, 1.54) is 11.1 Å². The van der Waals surface area contributed by atoms with Crippen molar-refractivity contribution < 1.29 is 4.74 Å². The largest absolute Gasteiger partial charge is 0.480 e. The number of hydrogen-bond donors (Lipinski definition) is 0. The lowest BCUT2D eigenvalue weighted by atomic mass is 9.90. The van der Waals surface area contributed by atoms with Crippen molar-refractivity contribution >= 4 is 5.90 Å². The highest BCUT2D eigenvalue weighted by Gasteiger charge is 2.34. The SMILES string of the molecule is C1=C/C=C\N=C(OCC2CN(C(c3ccccc3)c3ccccc3)C2)CC=1. The van der Waals surface area contributed by atoms with Crippen LogP contribution in [0.5, 0.6) is 0 Å². The van der Waals surface area contributed by atoms with Gasteiger partial charge in [-0.05, 0) is 29.4 Å². The molecular formula is C24H24N2O. The zero-order valence-electron chi connectivity index (χ0n) is 15.4. The van der Waals surface area contributed by atoms with E-state index in [2.05, 4.69) is 76.3 Å². The number of aliphatic imine (C=N–C) groups is 1. The second kappa shape index (κ2) is 8.68. The number of ether oxygens (including phenoxy) is 1. The monoisotopic (exact) mass is 356 g/mol. The standard InChI is InChI=1S/C24H24N2O/c1-2-10-16-25-23(15-9-1)27-19-20-17-26(18-20)24(21-11-5-3-6-12-21)22-13-7-4-8-14-22/h2-14,16,20,24H,15,17-19H2/b16-10-,25-23?. The first-order chi connectivity index (χ1) is 13.4. The molecule has 1 saturated heterocycles. The molecule has 2 aliphatic rings. The van der Waals surface area contributed by atoms with E-state index in [9.17, 15) is 0 Å². The Balaban J connectivity index is 1.38. The fourth-order valence-electron chi connectivity index (χ4n) is 3.61.